The predicted molar refractivity (Wildman–Crippen MR) is 109 cm³/mol. The topological polar surface area (TPSA) is 79.0 Å². The minimum Gasteiger partial charge on any atom is -0.497 e. The number of anilines is 2. The number of carbonyl (C=O) groups is 3. The number of amides is 3. The van der Waals surface area contributed by atoms with E-state index in [-0.39, 0.29) is 30.7 Å². The molecule has 3 amide bonds. The molecule has 0 bridgehead atoms. The van der Waals surface area contributed by atoms with Crippen LogP contribution in [-0.4, -0.2) is 41.4 Å². The van der Waals surface area contributed by atoms with Crippen molar-refractivity contribution in [2.24, 2.45) is 0 Å². The summed E-state index contributed by atoms with van der Waals surface area (Å²) in [5, 5.41) is 2.90. The van der Waals surface area contributed by atoms with Crippen molar-refractivity contribution in [3.63, 3.8) is 0 Å². The number of hydrogen-bond acceptors (Lipinski definition) is 4. The maximum atomic E-state index is 13.6. The molecule has 2 aliphatic rings. The van der Waals surface area contributed by atoms with Crippen LogP contribution >= 0.6 is 0 Å². The molecule has 0 spiro atoms. The third kappa shape index (κ3) is 2.76. The van der Waals surface area contributed by atoms with Crippen LogP contribution in [0.25, 0.3) is 0 Å². The summed E-state index contributed by atoms with van der Waals surface area (Å²) in [4.78, 5) is 42.9. The lowest BCUT2D eigenvalue weighted by molar-refractivity contribution is -0.129. The average molecular weight is 393 g/mol. The molecule has 1 fully saturated rings. The first-order chi connectivity index (χ1) is 13.9. The lowest BCUT2D eigenvalue weighted by Crippen LogP contribution is -2.70. The van der Waals surface area contributed by atoms with Gasteiger partial charge in [0.1, 0.15) is 5.75 Å². The Bertz CT molecular complexity index is 986. The standard InChI is InChI=1S/C22H23N3O4/c1-14(2)24-20(27)17-6-4-5-7-18(17)25-19(26)12-13-22(24,25)21(28)23-15-8-10-16(29-3)11-9-15/h4-11,14H,12-13H2,1-3H3,(H,23,28)/t22-/m1/s1. The highest BCUT2D eigenvalue weighted by Gasteiger charge is 2.61. The van der Waals surface area contributed by atoms with E-state index in [1.165, 1.54) is 4.90 Å². The fraction of sp³-hybridized carbons (Fsp3) is 0.318. The van der Waals surface area contributed by atoms with Crippen molar-refractivity contribution in [1.29, 1.82) is 0 Å². The smallest absolute Gasteiger partial charge is 0.271 e. The number of ether oxygens (including phenoxy) is 1. The molecule has 1 N–H and O–H groups in total. The number of nitrogens with one attached hydrogen (secondary N) is 1. The van der Waals surface area contributed by atoms with Gasteiger partial charge in [0.15, 0.2) is 0 Å². The minimum absolute atomic E-state index is 0.166. The monoisotopic (exact) mass is 393 g/mol. The van der Waals surface area contributed by atoms with Crippen molar-refractivity contribution in [3.8, 4) is 5.75 Å². The molecule has 29 heavy (non-hydrogen) atoms. The summed E-state index contributed by atoms with van der Waals surface area (Å²) >= 11 is 0. The van der Waals surface area contributed by atoms with Gasteiger partial charge in [-0.2, -0.15) is 0 Å². The van der Waals surface area contributed by atoms with Gasteiger partial charge in [0, 0.05) is 24.6 Å². The van der Waals surface area contributed by atoms with Gasteiger partial charge in [0.25, 0.3) is 11.8 Å². The van der Waals surface area contributed by atoms with Crippen LogP contribution in [0, 0.1) is 0 Å². The molecular weight excluding hydrogens is 370 g/mol. The second-order valence-electron chi connectivity index (χ2n) is 7.51. The molecule has 0 aromatic heterocycles. The third-order valence-corrected chi connectivity index (χ3v) is 5.53. The van der Waals surface area contributed by atoms with E-state index < -0.39 is 11.6 Å². The van der Waals surface area contributed by atoms with Crippen molar-refractivity contribution >= 4 is 29.1 Å². The summed E-state index contributed by atoms with van der Waals surface area (Å²) in [6.45, 7) is 3.71. The molecule has 2 aromatic rings. The highest BCUT2D eigenvalue weighted by Crippen LogP contribution is 2.45. The first-order valence-corrected chi connectivity index (χ1v) is 9.61. The zero-order chi connectivity index (χ0) is 20.8. The second kappa shape index (κ2) is 6.92. The molecule has 2 aromatic carbocycles. The highest BCUT2D eigenvalue weighted by atomic mass is 16.5. The molecule has 0 aliphatic carbocycles. The van der Waals surface area contributed by atoms with Crippen LogP contribution < -0.4 is 15.0 Å². The Morgan fingerprint density at radius 1 is 1.10 bits per heavy atom. The van der Waals surface area contributed by atoms with Gasteiger partial charge < -0.3 is 15.0 Å². The molecule has 0 unspecified atom stereocenters. The first kappa shape index (κ1) is 19.0. The van der Waals surface area contributed by atoms with Gasteiger partial charge in [-0.1, -0.05) is 12.1 Å². The highest BCUT2D eigenvalue weighted by molar-refractivity contribution is 6.18. The van der Waals surface area contributed by atoms with E-state index in [1.807, 2.05) is 13.8 Å². The maximum absolute atomic E-state index is 13.6. The van der Waals surface area contributed by atoms with Crippen molar-refractivity contribution in [2.45, 2.75) is 38.4 Å². The molecule has 1 saturated heterocycles. The van der Waals surface area contributed by atoms with E-state index in [2.05, 4.69) is 5.32 Å². The number of nitrogens with zero attached hydrogens (tertiary/aromatic N) is 2. The third-order valence-electron chi connectivity index (χ3n) is 5.53. The van der Waals surface area contributed by atoms with Gasteiger partial charge in [-0.05, 0) is 50.2 Å². The van der Waals surface area contributed by atoms with Crippen molar-refractivity contribution in [2.75, 3.05) is 17.3 Å². The Kier molecular flexibility index (Phi) is 4.53. The first-order valence-electron chi connectivity index (χ1n) is 9.61. The Morgan fingerprint density at radius 2 is 1.79 bits per heavy atom. The Balaban J connectivity index is 1.81. The largest absolute Gasteiger partial charge is 0.497 e. The van der Waals surface area contributed by atoms with Crippen LogP contribution in [0.4, 0.5) is 11.4 Å². The number of fused-ring (bicyclic) bond motifs is 3. The van der Waals surface area contributed by atoms with Gasteiger partial charge in [-0.15, -0.1) is 0 Å². The van der Waals surface area contributed by atoms with Gasteiger partial charge >= 0.3 is 0 Å². The summed E-state index contributed by atoms with van der Waals surface area (Å²) in [5.41, 5.74) is 0.0990. The molecule has 1 atom stereocenters. The summed E-state index contributed by atoms with van der Waals surface area (Å²) in [6, 6.07) is 13.6. The fourth-order valence-electron chi connectivity index (χ4n) is 4.31. The molecule has 0 saturated carbocycles. The zero-order valence-corrected chi connectivity index (χ0v) is 16.6. The average Bonchev–Trinajstić information content (AvgIpc) is 3.07. The van der Waals surface area contributed by atoms with Crippen molar-refractivity contribution in [1.82, 2.24) is 4.90 Å². The molecular formula is C22H23N3O4. The molecule has 0 radical (unpaired) electrons. The van der Waals surface area contributed by atoms with Crippen LogP contribution in [0.5, 0.6) is 5.75 Å². The second-order valence-corrected chi connectivity index (χ2v) is 7.51. The van der Waals surface area contributed by atoms with Crippen molar-refractivity contribution < 1.29 is 19.1 Å². The predicted octanol–water partition coefficient (Wildman–Crippen LogP) is 3.02. The minimum atomic E-state index is -1.39. The summed E-state index contributed by atoms with van der Waals surface area (Å²) in [5.74, 6) is -0.138. The quantitative estimate of drug-likeness (QED) is 0.866. The van der Waals surface area contributed by atoms with Crippen LogP contribution in [0.3, 0.4) is 0 Å². The van der Waals surface area contributed by atoms with Gasteiger partial charge in [0.2, 0.25) is 11.6 Å². The summed E-state index contributed by atoms with van der Waals surface area (Å²) < 4.78 is 5.16. The fourth-order valence-corrected chi connectivity index (χ4v) is 4.31. The molecule has 4 rings (SSSR count). The zero-order valence-electron chi connectivity index (χ0n) is 16.6. The molecule has 2 aliphatic heterocycles. The number of benzene rings is 2. The normalized spacial score (nSPS) is 20.6. The van der Waals surface area contributed by atoms with Crippen LogP contribution in [0.15, 0.2) is 48.5 Å². The van der Waals surface area contributed by atoms with Crippen LogP contribution in [0.1, 0.15) is 37.0 Å². The number of carbonyl (C=O) groups excluding carboxylic acids is 3. The van der Waals surface area contributed by atoms with E-state index in [0.29, 0.717) is 22.7 Å². The maximum Gasteiger partial charge on any atom is 0.271 e. The van der Waals surface area contributed by atoms with E-state index in [4.69, 9.17) is 4.74 Å². The van der Waals surface area contributed by atoms with Crippen molar-refractivity contribution in [3.05, 3.63) is 54.1 Å². The summed E-state index contributed by atoms with van der Waals surface area (Å²) in [7, 11) is 1.57. The van der Waals surface area contributed by atoms with Crippen LogP contribution in [0.2, 0.25) is 0 Å². The van der Waals surface area contributed by atoms with E-state index in [0.717, 1.165) is 0 Å². The molecule has 7 heteroatoms. The number of para-hydroxylation sites is 1. The van der Waals surface area contributed by atoms with Gasteiger partial charge in [-0.3, -0.25) is 19.3 Å². The SMILES string of the molecule is COc1ccc(NC(=O)[C@@]23CCC(=O)N2c2ccccc2C(=O)N3C(C)C)cc1. The molecule has 150 valence electrons. The van der Waals surface area contributed by atoms with Gasteiger partial charge in [-0.25, -0.2) is 0 Å². The Labute approximate surface area is 169 Å². The Hall–Kier alpha value is -3.35. The lowest BCUT2D eigenvalue weighted by Gasteiger charge is -2.50. The molecule has 2 heterocycles. The number of rotatable bonds is 4. The van der Waals surface area contributed by atoms with E-state index in [9.17, 15) is 14.4 Å². The summed E-state index contributed by atoms with van der Waals surface area (Å²) in [6.07, 6.45) is 0.437. The lowest BCUT2D eigenvalue weighted by atomic mass is 9.94. The van der Waals surface area contributed by atoms with E-state index in [1.54, 1.807) is 60.5 Å². The van der Waals surface area contributed by atoms with Crippen LogP contribution in [-0.2, 0) is 9.59 Å². The van der Waals surface area contributed by atoms with Gasteiger partial charge in [0.05, 0.1) is 18.4 Å². The molecule has 7 nitrogen and oxygen atoms in total. The van der Waals surface area contributed by atoms with E-state index >= 15 is 0 Å². The number of hydrogen-bond donors (Lipinski definition) is 1. The Morgan fingerprint density at radius 3 is 2.45 bits per heavy atom. The number of methoxy groups -OCH3 is 1.